The quantitative estimate of drug-likeness (QED) is 0.339. The molecule has 3 N–H and O–H groups in total. The lowest BCUT2D eigenvalue weighted by molar-refractivity contribution is -0.274. The van der Waals surface area contributed by atoms with Crippen LogP contribution < -0.4 is 15.4 Å². The Morgan fingerprint density at radius 3 is 2.52 bits per heavy atom. The largest absolute Gasteiger partial charge is 0.573 e. The molecule has 0 amide bonds. The molecule has 1 aromatic heterocycles. The number of pyridine rings is 1. The Morgan fingerprint density at radius 2 is 1.93 bits per heavy atom. The number of hydrogen-bond donors (Lipinski definition) is 3. The molecular formula is C19H22ClF3N4O2. The lowest BCUT2D eigenvalue weighted by Crippen LogP contribution is -2.38. The van der Waals surface area contributed by atoms with Gasteiger partial charge in [0, 0.05) is 19.3 Å². The molecule has 6 nitrogen and oxygen atoms in total. The number of alkyl halides is 3. The van der Waals surface area contributed by atoms with E-state index >= 15 is 0 Å². The van der Waals surface area contributed by atoms with E-state index in [0.717, 1.165) is 17.7 Å². The van der Waals surface area contributed by atoms with Crippen LogP contribution in [0.15, 0.2) is 47.6 Å². The van der Waals surface area contributed by atoms with Gasteiger partial charge in [0.05, 0.1) is 12.6 Å². The second-order valence-corrected chi connectivity index (χ2v) is 6.41. The third kappa shape index (κ3) is 8.57. The average Bonchev–Trinajstić information content (AvgIpc) is 2.66. The van der Waals surface area contributed by atoms with Gasteiger partial charge in [-0.2, -0.15) is 0 Å². The molecule has 1 aromatic carbocycles. The maximum Gasteiger partial charge on any atom is 0.573 e. The molecule has 158 valence electrons. The minimum absolute atomic E-state index is 0.0390. The Bertz CT molecular complexity index is 784. The fourth-order valence-corrected chi connectivity index (χ4v) is 2.51. The van der Waals surface area contributed by atoms with Crippen molar-refractivity contribution in [3.8, 4) is 5.75 Å². The first kappa shape index (κ1) is 22.8. The Balaban J connectivity index is 1.88. The molecular weight excluding hydrogens is 409 g/mol. The predicted molar refractivity (Wildman–Crippen MR) is 105 cm³/mol. The topological polar surface area (TPSA) is 78.8 Å². The van der Waals surface area contributed by atoms with Gasteiger partial charge in [0.1, 0.15) is 10.9 Å². The highest BCUT2D eigenvalue weighted by Crippen LogP contribution is 2.24. The van der Waals surface area contributed by atoms with Crippen LogP contribution in [0.3, 0.4) is 0 Å². The number of aromatic nitrogens is 1. The molecule has 2 rings (SSSR count). The molecule has 0 fully saturated rings. The smallest absolute Gasteiger partial charge is 0.406 e. The fraction of sp³-hybridized carbons (Fsp3) is 0.368. The summed E-state index contributed by atoms with van der Waals surface area (Å²) in [6.07, 6.45) is -3.31. The van der Waals surface area contributed by atoms with E-state index in [9.17, 15) is 18.3 Å². The Labute approximate surface area is 171 Å². The van der Waals surface area contributed by atoms with E-state index in [-0.39, 0.29) is 12.3 Å². The van der Waals surface area contributed by atoms with Gasteiger partial charge < -0.3 is 20.5 Å². The number of benzene rings is 1. The molecule has 29 heavy (non-hydrogen) atoms. The number of aliphatic imine (C=N–C) groups is 1. The standard InChI is InChI=1S/C19H22ClF3N4O2/c1-2-24-18(25-10-9-13-3-8-17(20)26-11-13)27-12-16(28)14-4-6-15(7-5-14)29-19(21,22)23/h3-8,11,16,28H,2,9-10,12H2,1H3,(H2,24,25,27). The summed E-state index contributed by atoms with van der Waals surface area (Å²) in [7, 11) is 0. The summed E-state index contributed by atoms with van der Waals surface area (Å²) in [5.74, 6) is 0.175. The van der Waals surface area contributed by atoms with Gasteiger partial charge in [0.25, 0.3) is 0 Å². The van der Waals surface area contributed by atoms with E-state index < -0.39 is 12.5 Å². The van der Waals surface area contributed by atoms with Crippen LogP contribution in [0.4, 0.5) is 13.2 Å². The van der Waals surface area contributed by atoms with Gasteiger partial charge >= 0.3 is 6.36 Å². The first-order valence-electron chi connectivity index (χ1n) is 8.93. The number of rotatable bonds is 8. The van der Waals surface area contributed by atoms with Crippen molar-refractivity contribution in [3.05, 3.63) is 58.9 Å². The van der Waals surface area contributed by atoms with Crippen LogP contribution >= 0.6 is 11.6 Å². The van der Waals surface area contributed by atoms with Crippen molar-refractivity contribution in [3.63, 3.8) is 0 Å². The number of aliphatic hydroxyl groups excluding tert-OH is 1. The molecule has 1 unspecified atom stereocenters. The van der Waals surface area contributed by atoms with E-state index in [2.05, 4.69) is 25.3 Å². The number of ether oxygens (including phenoxy) is 1. The molecule has 0 aliphatic rings. The molecule has 0 aliphatic carbocycles. The summed E-state index contributed by atoms with van der Waals surface area (Å²) in [4.78, 5) is 8.33. The second-order valence-electron chi connectivity index (χ2n) is 6.02. The first-order chi connectivity index (χ1) is 13.8. The zero-order valence-corrected chi connectivity index (χ0v) is 16.5. The Morgan fingerprint density at radius 1 is 1.21 bits per heavy atom. The minimum Gasteiger partial charge on any atom is -0.406 e. The van der Waals surface area contributed by atoms with Gasteiger partial charge in [-0.15, -0.1) is 13.2 Å². The second kappa shape index (κ2) is 10.9. The van der Waals surface area contributed by atoms with Crippen molar-refractivity contribution in [1.29, 1.82) is 0 Å². The summed E-state index contributed by atoms with van der Waals surface area (Å²) < 4.78 is 40.4. The molecule has 1 heterocycles. The van der Waals surface area contributed by atoms with Gasteiger partial charge in [-0.25, -0.2) is 4.98 Å². The number of aliphatic hydroxyl groups is 1. The zero-order valence-electron chi connectivity index (χ0n) is 15.7. The molecule has 0 spiro atoms. The third-order valence-corrected chi connectivity index (χ3v) is 3.98. The number of nitrogens with zero attached hydrogens (tertiary/aromatic N) is 2. The van der Waals surface area contributed by atoms with E-state index in [1.807, 2.05) is 13.0 Å². The third-order valence-electron chi connectivity index (χ3n) is 3.76. The van der Waals surface area contributed by atoms with E-state index in [4.69, 9.17) is 11.6 Å². The van der Waals surface area contributed by atoms with Gasteiger partial charge in [0.15, 0.2) is 5.96 Å². The summed E-state index contributed by atoms with van der Waals surface area (Å²) >= 11 is 5.76. The number of nitrogens with one attached hydrogen (secondary N) is 2. The molecule has 0 bridgehead atoms. The first-order valence-corrected chi connectivity index (χ1v) is 9.31. The van der Waals surface area contributed by atoms with Crippen LogP contribution in [0.5, 0.6) is 5.75 Å². The van der Waals surface area contributed by atoms with Crippen LogP contribution in [-0.2, 0) is 6.42 Å². The summed E-state index contributed by atoms with van der Waals surface area (Å²) in [6, 6.07) is 8.65. The van der Waals surface area contributed by atoms with Crippen molar-refractivity contribution in [1.82, 2.24) is 15.6 Å². The highest BCUT2D eigenvalue weighted by atomic mass is 35.5. The van der Waals surface area contributed by atoms with Gasteiger partial charge in [-0.05, 0) is 42.7 Å². The van der Waals surface area contributed by atoms with Crippen molar-refractivity contribution in [2.75, 3.05) is 19.6 Å². The SMILES string of the molecule is CCNC(=NCC(O)c1ccc(OC(F)(F)F)cc1)NCCc1ccc(Cl)nc1. The molecule has 10 heteroatoms. The van der Waals surface area contributed by atoms with Crippen LogP contribution in [-0.4, -0.2) is 42.0 Å². The average molecular weight is 431 g/mol. The van der Waals surface area contributed by atoms with E-state index in [0.29, 0.717) is 36.2 Å². The summed E-state index contributed by atoms with van der Waals surface area (Å²) in [6.45, 7) is 3.18. The Hall–Kier alpha value is -2.52. The normalized spacial score (nSPS) is 13.1. The molecule has 0 saturated heterocycles. The van der Waals surface area contributed by atoms with Crippen molar-refractivity contribution in [2.45, 2.75) is 25.8 Å². The Kier molecular flexibility index (Phi) is 8.53. The minimum atomic E-state index is -4.75. The van der Waals surface area contributed by atoms with Crippen molar-refractivity contribution in [2.24, 2.45) is 4.99 Å². The number of hydrogen-bond acceptors (Lipinski definition) is 4. The van der Waals surface area contributed by atoms with Gasteiger partial charge in [-0.3, -0.25) is 4.99 Å². The van der Waals surface area contributed by atoms with Gasteiger partial charge in [-0.1, -0.05) is 29.8 Å². The summed E-state index contributed by atoms with van der Waals surface area (Å²) in [5, 5.41) is 16.9. The van der Waals surface area contributed by atoms with Crippen LogP contribution in [0.1, 0.15) is 24.2 Å². The highest BCUT2D eigenvalue weighted by molar-refractivity contribution is 6.29. The maximum atomic E-state index is 12.2. The monoisotopic (exact) mass is 430 g/mol. The van der Waals surface area contributed by atoms with Crippen molar-refractivity contribution < 1.29 is 23.0 Å². The molecule has 2 aromatic rings. The fourth-order valence-electron chi connectivity index (χ4n) is 2.40. The van der Waals surface area contributed by atoms with Crippen LogP contribution in [0.25, 0.3) is 0 Å². The lowest BCUT2D eigenvalue weighted by Gasteiger charge is -2.14. The summed E-state index contributed by atoms with van der Waals surface area (Å²) in [5.41, 5.74) is 1.45. The van der Waals surface area contributed by atoms with Crippen LogP contribution in [0.2, 0.25) is 5.15 Å². The molecule has 0 aliphatic heterocycles. The number of guanidine groups is 1. The number of halogens is 4. The van der Waals surface area contributed by atoms with Gasteiger partial charge in [0.2, 0.25) is 0 Å². The zero-order chi connectivity index (χ0) is 21.3. The van der Waals surface area contributed by atoms with E-state index in [1.54, 1.807) is 12.3 Å². The molecule has 0 saturated carbocycles. The molecule has 0 radical (unpaired) electrons. The van der Waals surface area contributed by atoms with Crippen molar-refractivity contribution >= 4 is 17.6 Å². The van der Waals surface area contributed by atoms with E-state index in [1.165, 1.54) is 12.1 Å². The van der Waals surface area contributed by atoms with Crippen LogP contribution in [0, 0.1) is 0 Å². The lowest BCUT2D eigenvalue weighted by atomic mass is 10.1. The highest BCUT2D eigenvalue weighted by Gasteiger charge is 2.31. The maximum absolute atomic E-state index is 12.2. The molecule has 1 atom stereocenters. The predicted octanol–water partition coefficient (Wildman–Crippen LogP) is 3.46.